The van der Waals surface area contributed by atoms with Crippen LogP contribution in [0.5, 0.6) is 0 Å². The van der Waals surface area contributed by atoms with Crippen LogP contribution in [0.3, 0.4) is 0 Å². The second kappa shape index (κ2) is 13.1. The second-order valence-electron chi connectivity index (χ2n) is 7.13. The van der Waals surface area contributed by atoms with E-state index in [4.69, 9.17) is 25.8 Å². The number of esters is 1. The zero-order chi connectivity index (χ0) is 22.6. The predicted octanol–water partition coefficient (Wildman–Crippen LogP) is 5.14. The molecule has 1 aromatic rings. The number of benzene rings is 1. The smallest absolute Gasteiger partial charge is 0.407 e. The van der Waals surface area contributed by atoms with Crippen LogP contribution in [0.4, 0.5) is 4.79 Å². The van der Waals surface area contributed by atoms with Crippen LogP contribution in [0, 0.1) is 5.92 Å². The third-order valence-electron chi connectivity index (χ3n) is 4.15. The van der Waals surface area contributed by atoms with E-state index >= 15 is 0 Å². The SMILES string of the molecule is C=C(C)C(=O)OCCNC(=O)OC(COC1=CC(C)CC=C1)CSc1ccc(Cl)cc1. The van der Waals surface area contributed by atoms with E-state index in [-0.39, 0.29) is 19.8 Å². The highest BCUT2D eigenvalue weighted by Gasteiger charge is 2.17. The van der Waals surface area contributed by atoms with Gasteiger partial charge in [0.2, 0.25) is 0 Å². The van der Waals surface area contributed by atoms with Crippen LogP contribution in [0.25, 0.3) is 0 Å². The molecular weight excluding hydrogens is 438 g/mol. The van der Waals surface area contributed by atoms with Gasteiger partial charge in [-0.2, -0.15) is 0 Å². The van der Waals surface area contributed by atoms with Crippen LogP contribution in [0.1, 0.15) is 20.3 Å². The monoisotopic (exact) mass is 465 g/mol. The van der Waals surface area contributed by atoms with Crippen molar-refractivity contribution in [2.24, 2.45) is 5.92 Å². The molecule has 0 spiro atoms. The van der Waals surface area contributed by atoms with Crippen LogP contribution in [0.2, 0.25) is 5.02 Å². The maximum Gasteiger partial charge on any atom is 0.407 e. The van der Waals surface area contributed by atoms with Crippen LogP contribution >= 0.6 is 23.4 Å². The van der Waals surface area contributed by atoms with Crippen molar-refractivity contribution in [2.75, 3.05) is 25.5 Å². The van der Waals surface area contributed by atoms with Gasteiger partial charge in [0.1, 0.15) is 25.1 Å². The molecule has 0 heterocycles. The molecule has 1 aliphatic rings. The zero-order valence-electron chi connectivity index (χ0n) is 17.8. The number of halogens is 1. The summed E-state index contributed by atoms with van der Waals surface area (Å²) in [6, 6.07) is 7.45. The summed E-state index contributed by atoms with van der Waals surface area (Å²) in [7, 11) is 0. The Hall–Kier alpha value is -2.38. The average molecular weight is 466 g/mol. The van der Waals surface area contributed by atoms with Gasteiger partial charge in [-0.05, 0) is 55.7 Å². The molecule has 0 radical (unpaired) electrons. The molecule has 8 heteroatoms. The van der Waals surface area contributed by atoms with Gasteiger partial charge >= 0.3 is 12.1 Å². The summed E-state index contributed by atoms with van der Waals surface area (Å²) in [5, 5.41) is 3.24. The van der Waals surface area contributed by atoms with E-state index in [2.05, 4.69) is 31.0 Å². The summed E-state index contributed by atoms with van der Waals surface area (Å²) in [4.78, 5) is 24.6. The summed E-state index contributed by atoms with van der Waals surface area (Å²) < 4.78 is 16.3. The highest BCUT2D eigenvalue weighted by molar-refractivity contribution is 7.99. The van der Waals surface area contributed by atoms with E-state index in [1.807, 2.05) is 30.3 Å². The number of alkyl carbamates (subject to hydrolysis) is 1. The highest BCUT2D eigenvalue weighted by Crippen LogP contribution is 2.23. The molecule has 0 aliphatic heterocycles. The number of allylic oxidation sites excluding steroid dienone is 3. The van der Waals surface area contributed by atoms with Gasteiger partial charge in [-0.3, -0.25) is 0 Å². The van der Waals surface area contributed by atoms with Crippen molar-refractivity contribution in [3.8, 4) is 0 Å². The maximum absolute atomic E-state index is 12.2. The summed E-state index contributed by atoms with van der Waals surface area (Å²) in [5.41, 5.74) is 0.305. The number of rotatable bonds is 11. The second-order valence-corrected chi connectivity index (χ2v) is 8.66. The standard InChI is InChI=1S/C23H28ClNO5S/c1-16(2)22(26)28-12-11-25-23(27)30-20(14-29-19-6-4-5-17(3)13-19)15-31-21-9-7-18(24)8-10-21/h4,6-10,13,17,20H,1,5,11-12,14-15H2,2-3H3,(H,25,27). The lowest BCUT2D eigenvalue weighted by Crippen LogP contribution is -2.34. The van der Waals surface area contributed by atoms with Crippen molar-refractivity contribution < 1.29 is 23.8 Å². The first kappa shape index (κ1) is 24.9. The summed E-state index contributed by atoms with van der Waals surface area (Å²) >= 11 is 7.47. The number of amides is 1. The Kier molecular flexibility index (Phi) is 10.5. The molecule has 0 aromatic heterocycles. The van der Waals surface area contributed by atoms with Gasteiger partial charge in [-0.15, -0.1) is 11.8 Å². The van der Waals surface area contributed by atoms with E-state index in [9.17, 15) is 9.59 Å². The van der Waals surface area contributed by atoms with Crippen LogP contribution in [-0.4, -0.2) is 43.7 Å². The maximum atomic E-state index is 12.2. The molecule has 168 valence electrons. The van der Waals surface area contributed by atoms with E-state index in [0.29, 0.717) is 22.3 Å². The van der Waals surface area contributed by atoms with E-state index < -0.39 is 18.2 Å². The minimum absolute atomic E-state index is 0.0387. The van der Waals surface area contributed by atoms with Gasteiger partial charge in [-0.25, -0.2) is 9.59 Å². The van der Waals surface area contributed by atoms with Gasteiger partial charge < -0.3 is 19.5 Å². The minimum atomic E-state index is -0.599. The first-order chi connectivity index (χ1) is 14.8. The lowest BCUT2D eigenvalue weighted by atomic mass is 10.0. The summed E-state index contributed by atoms with van der Waals surface area (Å²) in [6.07, 6.45) is 5.96. The average Bonchev–Trinajstić information content (AvgIpc) is 2.74. The van der Waals surface area contributed by atoms with Crippen molar-refractivity contribution in [3.05, 3.63) is 65.4 Å². The Bertz CT molecular complexity index is 822. The Balaban J connectivity index is 1.85. The molecule has 2 unspecified atom stereocenters. The number of carbonyl (C=O) groups excluding carboxylic acids is 2. The fourth-order valence-corrected chi connectivity index (χ4v) is 3.53. The van der Waals surface area contributed by atoms with E-state index in [0.717, 1.165) is 17.1 Å². The topological polar surface area (TPSA) is 73.9 Å². The Morgan fingerprint density at radius 3 is 2.74 bits per heavy atom. The van der Waals surface area contributed by atoms with Crippen molar-refractivity contribution in [3.63, 3.8) is 0 Å². The molecule has 2 atom stereocenters. The highest BCUT2D eigenvalue weighted by atomic mass is 35.5. The number of carbonyl (C=O) groups is 2. The Morgan fingerprint density at radius 2 is 2.06 bits per heavy atom. The summed E-state index contributed by atoms with van der Waals surface area (Å²) in [6.45, 7) is 7.58. The molecule has 0 fully saturated rings. The van der Waals surface area contributed by atoms with E-state index in [1.54, 1.807) is 18.7 Å². The van der Waals surface area contributed by atoms with Crippen molar-refractivity contribution in [1.82, 2.24) is 5.32 Å². The number of hydrogen-bond acceptors (Lipinski definition) is 6. The molecule has 0 bridgehead atoms. The van der Waals surface area contributed by atoms with Crippen LogP contribution < -0.4 is 5.32 Å². The first-order valence-corrected chi connectivity index (χ1v) is 11.4. The normalized spacial score (nSPS) is 16.1. The van der Waals surface area contributed by atoms with Crippen molar-refractivity contribution in [1.29, 1.82) is 0 Å². The fraction of sp³-hybridized carbons (Fsp3) is 0.391. The van der Waals surface area contributed by atoms with E-state index in [1.165, 1.54) is 0 Å². The molecule has 1 amide bonds. The first-order valence-electron chi connectivity index (χ1n) is 10.00. The molecule has 1 aromatic carbocycles. The number of thioether (sulfide) groups is 1. The van der Waals surface area contributed by atoms with Gasteiger partial charge in [0.05, 0.1) is 6.54 Å². The lowest BCUT2D eigenvalue weighted by molar-refractivity contribution is -0.138. The number of ether oxygens (including phenoxy) is 3. The van der Waals surface area contributed by atoms with Gasteiger partial charge in [-0.1, -0.05) is 31.2 Å². The fourth-order valence-electron chi connectivity index (χ4n) is 2.54. The molecule has 31 heavy (non-hydrogen) atoms. The quantitative estimate of drug-likeness (QED) is 0.211. The largest absolute Gasteiger partial charge is 0.490 e. The molecule has 1 aliphatic carbocycles. The molecule has 0 saturated carbocycles. The zero-order valence-corrected chi connectivity index (χ0v) is 19.3. The van der Waals surface area contributed by atoms with Crippen molar-refractivity contribution in [2.45, 2.75) is 31.3 Å². The molecule has 0 saturated heterocycles. The minimum Gasteiger partial charge on any atom is -0.490 e. The molecule has 2 rings (SSSR count). The number of hydrogen-bond donors (Lipinski definition) is 1. The van der Waals surface area contributed by atoms with Crippen LogP contribution in [0.15, 0.2) is 65.3 Å². The summed E-state index contributed by atoms with van der Waals surface area (Å²) in [5.74, 6) is 1.19. The van der Waals surface area contributed by atoms with Crippen LogP contribution in [-0.2, 0) is 19.0 Å². The molecule has 1 N–H and O–H groups in total. The van der Waals surface area contributed by atoms with Gasteiger partial charge in [0.15, 0.2) is 0 Å². The van der Waals surface area contributed by atoms with Gasteiger partial charge in [0.25, 0.3) is 0 Å². The molecular formula is C23H28ClNO5S. The van der Waals surface area contributed by atoms with Gasteiger partial charge in [0, 0.05) is 21.2 Å². The lowest BCUT2D eigenvalue weighted by Gasteiger charge is -2.20. The predicted molar refractivity (Wildman–Crippen MR) is 123 cm³/mol. The number of nitrogens with one attached hydrogen (secondary N) is 1. The third-order valence-corrected chi connectivity index (χ3v) is 5.55. The Morgan fingerprint density at radius 1 is 1.32 bits per heavy atom. The Labute approximate surface area is 192 Å². The third kappa shape index (κ3) is 9.98. The molecule has 6 nitrogen and oxygen atoms in total. The van der Waals surface area contributed by atoms with Crippen molar-refractivity contribution >= 4 is 35.4 Å².